The van der Waals surface area contributed by atoms with Crippen molar-refractivity contribution in [2.75, 3.05) is 0 Å². The van der Waals surface area contributed by atoms with Crippen molar-refractivity contribution < 1.29 is 32.7 Å². The van der Waals surface area contributed by atoms with Gasteiger partial charge in [0.25, 0.3) is 5.56 Å². The van der Waals surface area contributed by atoms with Gasteiger partial charge in [-0.2, -0.15) is 10.8 Å². The second kappa shape index (κ2) is 5.19. The summed E-state index contributed by atoms with van der Waals surface area (Å²) in [5.41, 5.74) is 2.50. The number of H-pyrrole nitrogens is 1. The standard InChI is InChI=1S/C13H10N4O.Y/c1-8-9(2)14-15-11-12(8)17(16-13(11)18)10-6-4-3-5-7-10;/h3-7H,1-2H2,(H,16,18);/q-2;. The zero-order valence-electron chi connectivity index (χ0n) is 10.1. The van der Waals surface area contributed by atoms with Crippen molar-refractivity contribution in [3.8, 4) is 5.69 Å². The van der Waals surface area contributed by atoms with Gasteiger partial charge in [0.1, 0.15) is 5.52 Å². The van der Waals surface area contributed by atoms with Crippen LogP contribution in [-0.2, 0) is 32.7 Å². The maximum atomic E-state index is 11.8. The molecule has 1 radical (unpaired) electrons. The summed E-state index contributed by atoms with van der Waals surface area (Å²) in [5.74, 6) is 0. The van der Waals surface area contributed by atoms with Crippen LogP contribution in [-0.4, -0.2) is 20.0 Å². The molecule has 0 aliphatic heterocycles. The molecule has 0 atom stereocenters. The summed E-state index contributed by atoms with van der Waals surface area (Å²) >= 11 is 0. The fourth-order valence-corrected chi connectivity index (χ4v) is 1.87. The van der Waals surface area contributed by atoms with Crippen molar-refractivity contribution in [1.82, 2.24) is 20.0 Å². The van der Waals surface area contributed by atoms with Gasteiger partial charge in [-0.3, -0.25) is 34.4 Å². The van der Waals surface area contributed by atoms with E-state index < -0.39 is 0 Å². The van der Waals surface area contributed by atoms with Gasteiger partial charge in [-0.1, -0.05) is 23.7 Å². The molecule has 2 aromatic heterocycles. The molecule has 0 spiro atoms. The van der Waals surface area contributed by atoms with Crippen LogP contribution < -0.4 is 5.56 Å². The Bertz CT molecular complexity index is 776. The SMILES string of the molecule is [CH2-]c1nnc2c(=O)[nH]n(-c3ccccc3)c2c1[CH2-].[Y]. The molecule has 3 aromatic rings. The molecule has 1 aromatic carbocycles. The summed E-state index contributed by atoms with van der Waals surface area (Å²) in [6.07, 6.45) is 0. The molecule has 0 aliphatic rings. The minimum atomic E-state index is -0.286. The Morgan fingerprint density at radius 1 is 1.11 bits per heavy atom. The molecule has 0 unspecified atom stereocenters. The summed E-state index contributed by atoms with van der Waals surface area (Å²) in [7, 11) is 0. The third-order valence-electron chi connectivity index (χ3n) is 2.80. The molecule has 0 aliphatic carbocycles. The summed E-state index contributed by atoms with van der Waals surface area (Å²) in [6, 6.07) is 9.46. The van der Waals surface area contributed by atoms with Crippen molar-refractivity contribution in [2.45, 2.75) is 0 Å². The number of benzene rings is 1. The fraction of sp³-hybridized carbons (Fsp3) is 0. The quantitative estimate of drug-likeness (QED) is 0.689. The van der Waals surface area contributed by atoms with Crippen LogP contribution in [0.4, 0.5) is 0 Å². The molecular formula is C13H10N4OY-2. The Hall–Kier alpha value is -1.59. The van der Waals surface area contributed by atoms with Crippen molar-refractivity contribution in [3.05, 3.63) is 65.8 Å². The maximum Gasteiger partial charge on any atom is 0.277 e. The average Bonchev–Trinajstić information content (AvgIpc) is 2.73. The Kier molecular flexibility index (Phi) is 3.78. The summed E-state index contributed by atoms with van der Waals surface area (Å²) in [4.78, 5) is 11.8. The predicted octanol–water partition coefficient (Wildman–Crippen LogP) is 1.47. The first-order chi connectivity index (χ1) is 8.68. The minimum absolute atomic E-state index is 0. The van der Waals surface area contributed by atoms with E-state index in [0.717, 1.165) is 5.69 Å². The molecule has 0 saturated heterocycles. The summed E-state index contributed by atoms with van der Waals surface area (Å²) < 4.78 is 1.66. The molecule has 19 heavy (non-hydrogen) atoms. The van der Waals surface area contributed by atoms with Crippen LogP contribution in [0.25, 0.3) is 16.7 Å². The second-order valence-electron chi connectivity index (χ2n) is 3.93. The van der Waals surface area contributed by atoms with Gasteiger partial charge in [0, 0.05) is 38.4 Å². The van der Waals surface area contributed by atoms with Crippen molar-refractivity contribution in [3.63, 3.8) is 0 Å². The molecule has 0 fully saturated rings. The normalized spacial score (nSPS) is 10.3. The second-order valence-corrected chi connectivity index (χ2v) is 3.93. The van der Waals surface area contributed by atoms with Crippen molar-refractivity contribution >= 4 is 11.0 Å². The first kappa shape index (κ1) is 13.8. The van der Waals surface area contributed by atoms with Gasteiger partial charge in [-0.15, -0.1) is 0 Å². The first-order valence-electron chi connectivity index (χ1n) is 5.39. The van der Waals surface area contributed by atoms with Crippen LogP contribution in [0.5, 0.6) is 0 Å². The van der Waals surface area contributed by atoms with Gasteiger partial charge < -0.3 is 4.68 Å². The largest absolute Gasteiger partial charge is 0.321 e. The van der Waals surface area contributed by atoms with E-state index in [0.29, 0.717) is 16.8 Å². The van der Waals surface area contributed by atoms with Crippen molar-refractivity contribution in [1.29, 1.82) is 0 Å². The molecule has 3 rings (SSSR count). The fourth-order valence-electron chi connectivity index (χ4n) is 1.87. The van der Waals surface area contributed by atoms with Crippen LogP contribution in [0.3, 0.4) is 0 Å². The van der Waals surface area contributed by atoms with Crippen LogP contribution in [0.1, 0.15) is 11.3 Å². The van der Waals surface area contributed by atoms with Gasteiger partial charge >= 0.3 is 0 Å². The van der Waals surface area contributed by atoms with E-state index in [1.165, 1.54) is 0 Å². The number of hydrogen-bond acceptors (Lipinski definition) is 3. The van der Waals surface area contributed by atoms with E-state index in [4.69, 9.17) is 0 Å². The predicted molar refractivity (Wildman–Crippen MR) is 68.4 cm³/mol. The molecular weight excluding hydrogens is 317 g/mol. The van der Waals surface area contributed by atoms with Crippen molar-refractivity contribution in [2.24, 2.45) is 0 Å². The van der Waals surface area contributed by atoms with E-state index in [-0.39, 0.29) is 43.8 Å². The number of nitrogens with zero attached hydrogens (tertiary/aromatic N) is 3. The Morgan fingerprint density at radius 3 is 2.47 bits per heavy atom. The van der Waals surface area contributed by atoms with Crippen LogP contribution in [0.15, 0.2) is 35.1 Å². The number of aromatic amines is 1. The smallest absolute Gasteiger partial charge is 0.277 e. The molecule has 93 valence electrons. The Balaban J connectivity index is 0.00000133. The third kappa shape index (κ3) is 2.20. The zero-order valence-corrected chi connectivity index (χ0v) is 13.0. The van der Waals surface area contributed by atoms with E-state index in [9.17, 15) is 4.79 Å². The number of para-hydroxylation sites is 1. The molecule has 6 heteroatoms. The molecule has 0 amide bonds. The molecule has 0 bridgehead atoms. The topological polar surface area (TPSA) is 63.6 Å². The zero-order chi connectivity index (χ0) is 12.7. The van der Waals surface area contributed by atoms with Crippen LogP contribution in [0, 0.1) is 13.8 Å². The minimum Gasteiger partial charge on any atom is -0.321 e. The summed E-state index contributed by atoms with van der Waals surface area (Å²) in [5, 5.41) is 10.4. The molecule has 1 N–H and O–H groups in total. The number of aromatic nitrogens is 4. The van der Waals surface area contributed by atoms with E-state index in [1.807, 2.05) is 30.3 Å². The number of fused-ring (bicyclic) bond motifs is 1. The maximum absolute atomic E-state index is 11.8. The average molecular weight is 327 g/mol. The van der Waals surface area contributed by atoms with Crippen LogP contribution >= 0.6 is 0 Å². The Labute approximate surface area is 134 Å². The number of rotatable bonds is 1. The first-order valence-corrected chi connectivity index (χ1v) is 5.39. The number of nitrogens with one attached hydrogen (secondary N) is 1. The van der Waals surface area contributed by atoms with Gasteiger partial charge in [0.15, 0.2) is 0 Å². The number of hydrogen-bond donors (Lipinski definition) is 1. The van der Waals surface area contributed by atoms with E-state index in [1.54, 1.807) is 4.68 Å². The molecule has 5 nitrogen and oxygen atoms in total. The van der Waals surface area contributed by atoms with Crippen LogP contribution in [0.2, 0.25) is 0 Å². The van der Waals surface area contributed by atoms with Gasteiger partial charge in [-0.05, 0) is 12.1 Å². The van der Waals surface area contributed by atoms with Gasteiger partial charge in [-0.25, -0.2) is 0 Å². The Morgan fingerprint density at radius 2 is 1.79 bits per heavy atom. The molecule has 2 heterocycles. The van der Waals surface area contributed by atoms with Gasteiger partial charge in [0.05, 0.1) is 0 Å². The molecule has 0 saturated carbocycles. The summed E-state index contributed by atoms with van der Waals surface area (Å²) in [6.45, 7) is 7.65. The van der Waals surface area contributed by atoms with E-state index in [2.05, 4.69) is 29.1 Å². The van der Waals surface area contributed by atoms with Gasteiger partial charge in [0.2, 0.25) is 0 Å². The van der Waals surface area contributed by atoms with E-state index >= 15 is 0 Å². The third-order valence-corrected chi connectivity index (χ3v) is 2.80. The monoisotopic (exact) mass is 327 g/mol.